The molecule has 5 nitrogen and oxygen atoms in total. The predicted octanol–water partition coefficient (Wildman–Crippen LogP) is 1.05. The summed E-state index contributed by atoms with van der Waals surface area (Å²) in [4.78, 5) is 13.7. The minimum absolute atomic E-state index is 0.0350. The first-order valence-electron chi connectivity index (χ1n) is 6.47. The number of carbonyl (C=O) groups excluding carboxylic acids is 1. The summed E-state index contributed by atoms with van der Waals surface area (Å²) in [6, 6.07) is 6.83. The third-order valence-corrected chi connectivity index (χ3v) is 4.25. The summed E-state index contributed by atoms with van der Waals surface area (Å²) in [5.41, 5.74) is 0.942. The van der Waals surface area contributed by atoms with Gasteiger partial charge in [0.15, 0.2) is 9.84 Å². The second-order valence-electron chi connectivity index (χ2n) is 5.12. The molecule has 0 spiro atoms. The summed E-state index contributed by atoms with van der Waals surface area (Å²) in [6.45, 7) is 4.72. The molecule has 0 saturated carbocycles. The molecule has 6 heteroatoms. The van der Waals surface area contributed by atoms with Crippen molar-refractivity contribution in [2.75, 3.05) is 19.8 Å². The van der Waals surface area contributed by atoms with E-state index in [1.807, 2.05) is 13.8 Å². The zero-order chi connectivity index (χ0) is 15.3. The molecule has 0 atom stereocenters. The average Bonchev–Trinajstić information content (AvgIpc) is 2.37. The molecule has 0 aromatic heterocycles. The van der Waals surface area contributed by atoms with Gasteiger partial charge in [-0.25, -0.2) is 8.42 Å². The first-order valence-corrected chi connectivity index (χ1v) is 8.36. The Morgan fingerprint density at radius 1 is 1.25 bits per heavy atom. The highest BCUT2D eigenvalue weighted by atomic mass is 32.2. The van der Waals surface area contributed by atoms with Crippen LogP contribution in [-0.2, 0) is 21.2 Å². The Hall–Kier alpha value is -1.40. The summed E-state index contributed by atoms with van der Waals surface area (Å²) in [5.74, 6) is 0.0350. The standard InChI is InChI=1S/C14H22N2O3S/c1-11(2)16(3)14(17)10-15-9-12-5-7-13(8-6-12)20(4,18)19/h5-8,11,15H,9-10H2,1-4H3. The van der Waals surface area contributed by atoms with E-state index in [9.17, 15) is 13.2 Å². The lowest BCUT2D eigenvalue weighted by atomic mass is 10.2. The smallest absolute Gasteiger partial charge is 0.236 e. The second-order valence-corrected chi connectivity index (χ2v) is 7.13. The van der Waals surface area contributed by atoms with Gasteiger partial charge in [-0.05, 0) is 31.5 Å². The van der Waals surface area contributed by atoms with Crippen LogP contribution < -0.4 is 5.32 Å². The molecule has 0 aliphatic heterocycles. The van der Waals surface area contributed by atoms with Crippen molar-refractivity contribution in [3.63, 3.8) is 0 Å². The number of likely N-dealkylation sites (N-methyl/N-ethyl adjacent to an activating group) is 1. The van der Waals surface area contributed by atoms with Crippen LogP contribution in [0, 0.1) is 0 Å². The van der Waals surface area contributed by atoms with Gasteiger partial charge < -0.3 is 10.2 Å². The van der Waals surface area contributed by atoms with E-state index >= 15 is 0 Å². The van der Waals surface area contributed by atoms with E-state index in [-0.39, 0.29) is 18.5 Å². The largest absolute Gasteiger partial charge is 0.342 e. The number of carbonyl (C=O) groups is 1. The van der Waals surface area contributed by atoms with Gasteiger partial charge in [-0.1, -0.05) is 12.1 Å². The SMILES string of the molecule is CC(C)N(C)C(=O)CNCc1ccc(S(C)(=O)=O)cc1. The molecule has 0 unspecified atom stereocenters. The van der Waals surface area contributed by atoms with Gasteiger partial charge >= 0.3 is 0 Å². The van der Waals surface area contributed by atoms with Gasteiger partial charge in [0.05, 0.1) is 11.4 Å². The molecule has 0 aliphatic rings. The number of benzene rings is 1. The van der Waals surface area contributed by atoms with Crippen molar-refractivity contribution in [2.24, 2.45) is 0 Å². The Labute approximate surface area is 120 Å². The number of rotatable bonds is 6. The molecule has 1 aromatic rings. The molecule has 0 radical (unpaired) electrons. The zero-order valence-electron chi connectivity index (χ0n) is 12.4. The van der Waals surface area contributed by atoms with Gasteiger partial charge in [0, 0.05) is 25.9 Å². The highest BCUT2D eigenvalue weighted by molar-refractivity contribution is 7.90. The van der Waals surface area contributed by atoms with Gasteiger partial charge in [0.25, 0.3) is 0 Å². The van der Waals surface area contributed by atoms with Gasteiger partial charge in [-0.15, -0.1) is 0 Å². The minimum atomic E-state index is -3.16. The van der Waals surface area contributed by atoms with Crippen molar-refractivity contribution in [1.29, 1.82) is 0 Å². The maximum absolute atomic E-state index is 11.7. The normalized spacial score (nSPS) is 11.7. The number of sulfone groups is 1. The number of amides is 1. The molecule has 0 bridgehead atoms. The molecule has 1 amide bonds. The van der Waals surface area contributed by atoms with Gasteiger partial charge in [0.1, 0.15) is 0 Å². The Bertz CT molecular complexity index is 550. The highest BCUT2D eigenvalue weighted by Crippen LogP contribution is 2.10. The van der Waals surface area contributed by atoms with Crippen LogP contribution in [0.3, 0.4) is 0 Å². The fourth-order valence-corrected chi connectivity index (χ4v) is 2.21. The van der Waals surface area contributed by atoms with Crippen LogP contribution in [0.4, 0.5) is 0 Å². The molecule has 0 saturated heterocycles. The Morgan fingerprint density at radius 2 is 1.80 bits per heavy atom. The van der Waals surface area contributed by atoms with Crippen LogP contribution in [0.5, 0.6) is 0 Å². The third kappa shape index (κ3) is 4.94. The van der Waals surface area contributed by atoms with Crippen LogP contribution in [0.1, 0.15) is 19.4 Å². The molecule has 0 fully saturated rings. The van der Waals surface area contributed by atoms with Gasteiger partial charge in [0.2, 0.25) is 5.91 Å². The van der Waals surface area contributed by atoms with E-state index in [2.05, 4.69) is 5.32 Å². The molecular formula is C14H22N2O3S. The van der Waals surface area contributed by atoms with Crippen molar-refractivity contribution < 1.29 is 13.2 Å². The van der Waals surface area contributed by atoms with Crippen LogP contribution >= 0.6 is 0 Å². The quantitative estimate of drug-likeness (QED) is 0.852. The van der Waals surface area contributed by atoms with Crippen molar-refractivity contribution in [3.05, 3.63) is 29.8 Å². The first kappa shape index (κ1) is 16.7. The fourth-order valence-electron chi connectivity index (χ4n) is 1.58. The predicted molar refractivity (Wildman–Crippen MR) is 79.2 cm³/mol. The molecule has 1 aromatic carbocycles. The molecular weight excluding hydrogens is 276 g/mol. The Kier molecular flexibility index (Phi) is 5.71. The van der Waals surface area contributed by atoms with Crippen LogP contribution in [0.25, 0.3) is 0 Å². The van der Waals surface area contributed by atoms with E-state index in [1.54, 1.807) is 36.2 Å². The van der Waals surface area contributed by atoms with Gasteiger partial charge in [-0.3, -0.25) is 4.79 Å². The van der Waals surface area contributed by atoms with Crippen molar-refractivity contribution in [1.82, 2.24) is 10.2 Å². The van der Waals surface area contributed by atoms with Crippen molar-refractivity contribution in [2.45, 2.75) is 31.3 Å². The van der Waals surface area contributed by atoms with Crippen LogP contribution in [0.15, 0.2) is 29.2 Å². The van der Waals surface area contributed by atoms with Crippen LogP contribution in [-0.4, -0.2) is 45.1 Å². The lowest BCUT2D eigenvalue weighted by Crippen LogP contribution is -2.39. The monoisotopic (exact) mass is 298 g/mol. The second kappa shape index (κ2) is 6.85. The zero-order valence-corrected chi connectivity index (χ0v) is 13.2. The topological polar surface area (TPSA) is 66.5 Å². The van der Waals surface area contributed by atoms with Crippen LogP contribution in [0.2, 0.25) is 0 Å². The Balaban J connectivity index is 2.49. The van der Waals surface area contributed by atoms with Crippen molar-refractivity contribution in [3.8, 4) is 0 Å². The Morgan fingerprint density at radius 3 is 2.25 bits per heavy atom. The van der Waals surface area contributed by atoms with E-state index in [4.69, 9.17) is 0 Å². The summed E-state index contributed by atoms with van der Waals surface area (Å²) in [5, 5.41) is 3.05. The van der Waals surface area contributed by atoms with Gasteiger partial charge in [-0.2, -0.15) is 0 Å². The molecule has 0 aliphatic carbocycles. The van der Waals surface area contributed by atoms with E-state index in [0.29, 0.717) is 11.4 Å². The van der Waals surface area contributed by atoms with Crippen molar-refractivity contribution >= 4 is 15.7 Å². The molecule has 20 heavy (non-hydrogen) atoms. The minimum Gasteiger partial charge on any atom is -0.342 e. The fraction of sp³-hybridized carbons (Fsp3) is 0.500. The number of nitrogens with zero attached hydrogens (tertiary/aromatic N) is 1. The van der Waals surface area contributed by atoms with E-state index < -0.39 is 9.84 Å². The summed E-state index contributed by atoms with van der Waals surface area (Å²) >= 11 is 0. The molecule has 1 rings (SSSR count). The lowest BCUT2D eigenvalue weighted by molar-refractivity contribution is -0.130. The number of nitrogens with one attached hydrogen (secondary N) is 1. The van der Waals surface area contributed by atoms with E-state index in [0.717, 1.165) is 5.56 Å². The highest BCUT2D eigenvalue weighted by Gasteiger charge is 2.11. The maximum Gasteiger partial charge on any atom is 0.236 e. The summed E-state index contributed by atoms with van der Waals surface area (Å²) in [6.07, 6.45) is 1.18. The first-order chi connectivity index (χ1) is 9.21. The molecule has 0 heterocycles. The summed E-state index contributed by atoms with van der Waals surface area (Å²) in [7, 11) is -1.38. The lowest BCUT2D eigenvalue weighted by Gasteiger charge is -2.21. The number of hydrogen-bond acceptors (Lipinski definition) is 4. The molecule has 112 valence electrons. The number of hydrogen-bond donors (Lipinski definition) is 1. The summed E-state index contributed by atoms with van der Waals surface area (Å²) < 4.78 is 22.6. The maximum atomic E-state index is 11.7. The van der Waals surface area contributed by atoms with E-state index in [1.165, 1.54) is 6.26 Å². The third-order valence-electron chi connectivity index (χ3n) is 3.12. The average molecular weight is 298 g/mol. The molecule has 1 N–H and O–H groups in total.